The highest BCUT2D eigenvalue weighted by Crippen LogP contribution is 2.39. The quantitative estimate of drug-likeness (QED) is 0.894. The Morgan fingerprint density at radius 2 is 1.96 bits per heavy atom. The van der Waals surface area contributed by atoms with Crippen molar-refractivity contribution in [1.29, 1.82) is 0 Å². The smallest absolute Gasteiger partial charge is 0.270 e. The van der Waals surface area contributed by atoms with Crippen LogP contribution in [-0.2, 0) is 10.2 Å². The molecule has 2 heterocycles. The zero-order chi connectivity index (χ0) is 18.4. The van der Waals surface area contributed by atoms with Crippen molar-refractivity contribution in [3.8, 4) is 0 Å². The summed E-state index contributed by atoms with van der Waals surface area (Å²) >= 11 is 1.43. The number of rotatable bonds is 2. The molecule has 0 fully saturated rings. The molecule has 25 heavy (non-hydrogen) atoms. The molecule has 1 aromatic heterocycles. The molecule has 0 saturated heterocycles. The predicted molar refractivity (Wildman–Crippen MR) is 100 cm³/mol. The molecule has 1 aliphatic heterocycles. The lowest BCUT2D eigenvalue weighted by Crippen LogP contribution is -2.45. The summed E-state index contributed by atoms with van der Waals surface area (Å²) in [6.45, 7) is 8.19. The maximum absolute atomic E-state index is 13.2. The van der Waals surface area contributed by atoms with E-state index in [-0.39, 0.29) is 29.2 Å². The molecule has 0 bridgehead atoms. The lowest BCUT2D eigenvalue weighted by atomic mass is 9.85. The van der Waals surface area contributed by atoms with Gasteiger partial charge in [0.25, 0.3) is 5.91 Å². The molecule has 0 spiro atoms. The normalized spacial score (nSPS) is 20.2. The van der Waals surface area contributed by atoms with Crippen molar-refractivity contribution in [2.24, 2.45) is 5.73 Å². The van der Waals surface area contributed by atoms with Crippen LogP contribution in [0.4, 0.5) is 5.69 Å². The van der Waals surface area contributed by atoms with Crippen LogP contribution in [0, 0.1) is 0 Å². The minimum absolute atomic E-state index is 0.0733. The number of anilines is 1. The van der Waals surface area contributed by atoms with Gasteiger partial charge in [-0.25, -0.2) is 4.98 Å². The SMILES string of the molecule is C[C@@H]1C[C@@H](C(N)=O)c2ccccc2N1C(=O)c1cnc(C(C)(C)C)s1. The number of nitrogens with two attached hydrogens (primary N) is 1. The number of aromatic nitrogens is 1. The highest BCUT2D eigenvalue weighted by atomic mass is 32.1. The van der Waals surface area contributed by atoms with E-state index in [1.807, 2.05) is 31.2 Å². The number of benzene rings is 1. The average Bonchev–Trinajstić information content (AvgIpc) is 3.03. The van der Waals surface area contributed by atoms with Crippen LogP contribution in [-0.4, -0.2) is 22.8 Å². The number of carbonyl (C=O) groups is 2. The first-order valence-corrected chi connectivity index (χ1v) is 9.20. The van der Waals surface area contributed by atoms with Crippen molar-refractivity contribution < 1.29 is 9.59 Å². The van der Waals surface area contributed by atoms with Gasteiger partial charge in [-0.15, -0.1) is 11.3 Å². The van der Waals surface area contributed by atoms with Crippen LogP contribution in [0.5, 0.6) is 0 Å². The molecule has 0 unspecified atom stereocenters. The van der Waals surface area contributed by atoms with Crippen LogP contribution in [0.1, 0.15) is 60.3 Å². The van der Waals surface area contributed by atoms with Crippen LogP contribution in [0.25, 0.3) is 0 Å². The van der Waals surface area contributed by atoms with E-state index in [2.05, 4.69) is 25.8 Å². The number of nitrogens with zero attached hydrogens (tertiary/aromatic N) is 2. The van der Waals surface area contributed by atoms with Crippen molar-refractivity contribution in [3.63, 3.8) is 0 Å². The molecule has 3 rings (SSSR count). The molecule has 2 atom stereocenters. The summed E-state index contributed by atoms with van der Waals surface area (Å²) in [5, 5.41) is 0.934. The number of primary amides is 1. The van der Waals surface area contributed by atoms with Gasteiger partial charge in [-0.05, 0) is 25.0 Å². The second-order valence-corrected chi connectivity index (χ2v) is 8.58. The van der Waals surface area contributed by atoms with Gasteiger partial charge in [0.2, 0.25) is 5.91 Å². The number of amides is 2. The van der Waals surface area contributed by atoms with Crippen molar-refractivity contribution in [2.75, 3.05) is 4.90 Å². The number of hydrogen-bond acceptors (Lipinski definition) is 4. The summed E-state index contributed by atoms with van der Waals surface area (Å²) in [5.41, 5.74) is 7.07. The van der Waals surface area contributed by atoms with Crippen LogP contribution >= 0.6 is 11.3 Å². The van der Waals surface area contributed by atoms with E-state index in [4.69, 9.17) is 5.73 Å². The third-order valence-electron chi connectivity index (χ3n) is 4.51. The van der Waals surface area contributed by atoms with Gasteiger partial charge < -0.3 is 10.6 Å². The summed E-state index contributed by atoms with van der Waals surface area (Å²) in [5.74, 6) is -0.781. The number of hydrogen-bond donors (Lipinski definition) is 1. The van der Waals surface area contributed by atoms with Crippen LogP contribution in [0.3, 0.4) is 0 Å². The Bertz CT molecular complexity index is 822. The highest BCUT2D eigenvalue weighted by Gasteiger charge is 2.37. The lowest BCUT2D eigenvalue weighted by molar-refractivity contribution is -0.119. The monoisotopic (exact) mass is 357 g/mol. The van der Waals surface area contributed by atoms with E-state index in [9.17, 15) is 9.59 Å². The summed E-state index contributed by atoms with van der Waals surface area (Å²) in [6, 6.07) is 7.40. The van der Waals surface area contributed by atoms with Gasteiger partial charge in [0.1, 0.15) is 4.88 Å². The fourth-order valence-electron chi connectivity index (χ4n) is 3.23. The summed E-state index contributed by atoms with van der Waals surface area (Å²) < 4.78 is 0. The maximum atomic E-state index is 13.2. The van der Waals surface area contributed by atoms with Crippen LogP contribution < -0.4 is 10.6 Å². The first-order valence-electron chi connectivity index (χ1n) is 8.38. The third-order valence-corrected chi connectivity index (χ3v) is 5.92. The molecule has 1 aliphatic rings. The first kappa shape index (κ1) is 17.6. The number of fused-ring (bicyclic) bond motifs is 1. The topological polar surface area (TPSA) is 76.3 Å². The second-order valence-electron chi connectivity index (χ2n) is 7.55. The Labute approximate surface area is 151 Å². The summed E-state index contributed by atoms with van der Waals surface area (Å²) in [6.07, 6.45) is 2.19. The van der Waals surface area contributed by atoms with Crippen molar-refractivity contribution in [1.82, 2.24) is 4.98 Å². The fourth-order valence-corrected chi connectivity index (χ4v) is 4.14. The highest BCUT2D eigenvalue weighted by molar-refractivity contribution is 7.13. The first-order chi connectivity index (χ1) is 11.7. The Kier molecular flexibility index (Phi) is 4.41. The molecule has 2 aromatic rings. The summed E-state index contributed by atoms with van der Waals surface area (Å²) in [4.78, 5) is 31.8. The van der Waals surface area contributed by atoms with Gasteiger partial charge >= 0.3 is 0 Å². The molecule has 0 aliphatic carbocycles. The van der Waals surface area contributed by atoms with E-state index < -0.39 is 0 Å². The predicted octanol–water partition coefficient (Wildman–Crippen LogP) is 3.45. The van der Waals surface area contributed by atoms with E-state index >= 15 is 0 Å². The number of carbonyl (C=O) groups excluding carboxylic acids is 2. The van der Waals surface area contributed by atoms with E-state index in [1.54, 1.807) is 11.1 Å². The van der Waals surface area contributed by atoms with Crippen molar-refractivity contribution in [2.45, 2.75) is 51.5 Å². The standard InChI is InChI=1S/C19H23N3O2S/c1-11-9-13(16(20)23)12-7-5-6-8-14(12)22(11)17(24)15-10-21-18(25-15)19(2,3)4/h5-8,10-11,13H,9H2,1-4H3,(H2,20,23)/t11-,13-/m1/s1. The Morgan fingerprint density at radius 1 is 1.28 bits per heavy atom. The van der Waals surface area contributed by atoms with E-state index in [0.29, 0.717) is 11.3 Å². The van der Waals surface area contributed by atoms with Crippen molar-refractivity contribution in [3.05, 3.63) is 45.9 Å². The Morgan fingerprint density at radius 3 is 2.56 bits per heavy atom. The molecule has 0 saturated carbocycles. The minimum atomic E-state index is -0.359. The molecule has 2 N–H and O–H groups in total. The Balaban J connectivity index is 2.01. The molecule has 6 heteroatoms. The maximum Gasteiger partial charge on any atom is 0.270 e. The minimum Gasteiger partial charge on any atom is -0.369 e. The molecule has 2 amide bonds. The van der Waals surface area contributed by atoms with Gasteiger partial charge in [0, 0.05) is 17.1 Å². The summed E-state index contributed by atoms with van der Waals surface area (Å²) in [7, 11) is 0. The zero-order valence-electron chi connectivity index (χ0n) is 14.9. The van der Waals surface area contributed by atoms with Gasteiger partial charge in [-0.1, -0.05) is 39.0 Å². The second kappa shape index (κ2) is 6.26. The van der Waals surface area contributed by atoms with Gasteiger partial charge in [-0.2, -0.15) is 0 Å². The van der Waals surface area contributed by atoms with Gasteiger partial charge in [0.15, 0.2) is 0 Å². The lowest BCUT2D eigenvalue weighted by Gasteiger charge is -2.38. The van der Waals surface area contributed by atoms with E-state index in [0.717, 1.165) is 16.3 Å². The number of thiazole rings is 1. The number of para-hydroxylation sites is 1. The van der Waals surface area contributed by atoms with Crippen LogP contribution in [0.2, 0.25) is 0 Å². The van der Waals surface area contributed by atoms with Gasteiger partial charge in [-0.3, -0.25) is 9.59 Å². The molecular weight excluding hydrogens is 334 g/mol. The molecule has 1 aromatic carbocycles. The average molecular weight is 357 g/mol. The molecule has 0 radical (unpaired) electrons. The Hall–Kier alpha value is -2.21. The van der Waals surface area contributed by atoms with Gasteiger partial charge in [0.05, 0.1) is 17.1 Å². The molecular formula is C19H23N3O2S. The zero-order valence-corrected chi connectivity index (χ0v) is 15.8. The van der Waals surface area contributed by atoms with E-state index in [1.165, 1.54) is 11.3 Å². The molecule has 132 valence electrons. The molecule has 5 nitrogen and oxygen atoms in total. The third kappa shape index (κ3) is 3.18. The van der Waals surface area contributed by atoms with Crippen molar-refractivity contribution >= 4 is 28.8 Å². The fraction of sp³-hybridized carbons (Fsp3) is 0.421. The largest absolute Gasteiger partial charge is 0.369 e. The van der Waals surface area contributed by atoms with Crippen LogP contribution in [0.15, 0.2) is 30.5 Å².